The lowest BCUT2D eigenvalue weighted by Gasteiger charge is -2.07. The van der Waals surface area contributed by atoms with Gasteiger partial charge in [0.2, 0.25) is 5.13 Å². The van der Waals surface area contributed by atoms with E-state index in [0.29, 0.717) is 12.7 Å². The van der Waals surface area contributed by atoms with Crippen molar-refractivity contribution in [2.45, 2.75) is 46.3 Å². The Morgan fingerprint density at radius 2 is 2.20 bits per heavy atom. The number of nitrogens with one attached hydrogen (secondary N) is 1. The maximum Gasteiger partial charge on any atom is 0.205 e. The average molecular weight is 229 g/mol. The molecule has 1 rings (SSSR count). The van der Waals surface area contributed by atoms with E-state index in [0.717, 1.165) is 29.5 Å². The van der Waals surface area contributed by atoms with E-state index in [4.69, 9.17) is 4.74 Å². The van der Waals surface area contributed by atoms with Gasteiger partial charge in [0, 0.05) is 6.54 Å². The van der Waals surface area contributed by atoms with Gasteiger partial charge in [-0.3, -0.25) is 0 Å². The van der Waals surface area contributed by atoms with E-state index in [1.807, 2.05) is 0 Å². The van der Waals surface area contributed by atoms with E-state index < -0.39 is 0 Å². The monoisotopic (exact) mass is 229 g/mol. The lowest BCUT2D eigenvalue weighted by molar-refractivity contribution is 0.0504. The fourth-order valence-corrected chi connectivity index (χ4v) is 1.63. The average Bonchev–Trinajstić information content (AvgIpc) is 2.71. The third-order valence-electron chi connectivity index (χ3n) is 2.06. The molecule has 0 aromatic carbocycles. The molecule has 1 atom stereocenters. The first-order chi connectivity index (χ1) is 7.26. The summed E-state index contributed by atoms with van der Waals surface area (Å²) in [4.78, 5) is 0. The smallest absolute Gasteiger partial charge is 0.205 e. The molecule has 0 saturated carbocycles. The number of ether oxygens (including phenoxy) is 1. The summed E-state index contributed by atoms with van der Waals surface area (Å²) >= 11 is 1.57. The van der Waals surface area contributed by atoms with Crippen LogP contribution in [0.1, 0.15) is 38.6 Å². The van der Waals surface area contributed by atoms with Crippen molar-refractivity contribution in [3.8, 4) is 0 Å². The Bertz CT molecular complexity index is 277. The molecule has 0 aliphatic heterocycles. The lowest BCUT2D eigenvalue weighted by atomic mass is 10.3. The summed E-state index contributed by atoms with van der Waals surface area (Å²) in [7, 11) is 0. The molecule has 1 unspecified atom stereocenters. The van der Waals surface area contributed by atoms with Gasteiger partial charge in [-0.25, -0.2) is 0 Å². The number of hydrogen-bond donors (Lipinski definition) is 1. The fraction of sp³-hybridized carbons (Fsp3) is 0.800. The minimum atomic E-state index is 0.293. The molecular formula is C10H19N3OS. The van der Waals surface area contributed by atoms with Gasteiger partial charge in [-0.15, -0.1) is 10.2 Å². The van der Waals surface area contributed by atoms with Crippen molar-refractivity contribution in [1.29, 1.82) is 0 Å². The molecular weight excluding hydrogens is 210 g/mol. The third kappa shape index (κ3) is 4.57. The van der Waals surface area contributed by atoms with Crippen LogP contribution in [0.2, 0.25) is 0 Å². The van der Waals surface area contributed by atoms with E-state index in [1.165, 1.54) is 0 Å². The predicted molar refractivity (Wildman–Crippen MR) is 63.2 cm³/mol. The Morgan fingerprint density at radius 3 is 2.87 bits per heavy atom. The summed E-state index contributed by atoms with van der Waals surface area (Å²) in [6, 6.07) is 0. The maximum atomic E-state index is 5.58. The first kappa shape index (κ1) is 12.4. The highest BCUT2D eigenvalue weighted by Crippen LogP contribution is 2.16. The number of nitrogens with zero attached hydrogens (tertiary/aromatic N) is 2. The molecule has 86 valence electrons. The third-order valence-corrected chi connectivity index (χ3v) is 2.91. The molecule has 0 aliphatic rings. The molecule has 0 bridgehead atoms. The van der Waals surface area contributed by atoms with Crippen LogP contribution in [0.25, 0.3) is 0 Å². The van der Waals surface area contributed by atoms with Crippen molar-refractivity contribution >= 4 is 16.5 Å². The lowest BCUT2D eigenvalue weighted by Crippen LogP contribution is -2.05. The van der Waals surface area contributed by atoms with Crippen LogP contribution in [0.3, 0.4) is 0 Å². The molecule has 1 N–H and O–H groups in total. The van der Waals surface area contributed by atoms with E-state index in [9.17, 15) is 0 Å². The molecule has 1 aromatic rings. The van der Waals surface area contributed by atoms with Gasteiger partial charge in [-0.05, 0) is 19.8 Å². The molecule has 0 radical (unpaired) electrons. The van der Waals surface area contributed by atoms with E-state index in [-0.39, 0.29) is 0 Å². The molecule has 1 heterocycles. The molecule has 0 amide bonds. The topological polar surface area (TPSA) is 47.0 Å². The summed E-state index contributed by atoms with van der Waals surface area (Å²) in [5, 5.41) is 13.1. The van der Waals surface area contributed by atoms with E-state index >= 15 is 0 Å². The first-order valence-corrected chi connectivity index (χ1v) is 6.25. The van der Waals surface area contributed by atoms with Crippen LogP contribution in [0.15, 0.2) is 0 Å². The van der Waals surface area contributed by atoms with Gasteiger partial charge in [-0.2, -0.15) is 0 Å². The fourth-order valence-electron chi connectivity index (χ4n) is 0.947. The van der Waals surface area contributed by atoms with Gasteiger partial charge >= 0.3 is 0 Å². The largest absolute Gasteiger partial charge is 0.371 e. The Labute approximate surface area is 95.1 Å². The van der Waals surface area contributed by atoms with Crippen molar-refractivity contribution in [2.24, 2.45) is 0 Å². The Kier molecular flexibility index (Phi) is 5.57. The van der Waals surface area contributed by atoms with Crippen molar-refractivity contribution in [3.63, 3.8) is 0 Å². The van der Waals surface area contributed by atoms with Crippen molar-refractivity contribution in [1.82, 2.24) is 10.2 Å². The van der Waals surface area contributed by atoms with Gasteiger partial charge in [0.1, 0.15) is 11.6 Å². The SMILES string of the molecule is CCCNc1nnc(COC(C)CC)s1. The van der Waals surface area contributed by atoms with Crippen molar-refractivity contribution in [2.75, 3.05) is 11.9 Å². The maximum absolute atomic E-state index is 5.58. The van der Waals surface area contributed by atoms with E-state index in [1.54, 1.807) is 11.3 Å². The van der Waals surface area contributed by atoms with Crippen LogP contribution in [0.4, 0.5) is 5.13 Å². The molecule has 5 heteroatoms. The number of aromatic nitrogens is 2. The predicted octanol–water partition coefficient (Wildman–Crippen LogP) is 2.68. The Morgan fingerprint density at radius 1 is 1.40 bits per heavy atom. The molecule has 4 nitrogen and oxygen atoms in total. The molecule has 0 fully saturated rings. The number of rotatable bonds is 7. The van der Waals surface area contributed by atoms with Crippen LogP contribution in [-0.4, -0.2) is 22.8 Å². The normalized spacial score (nSPS) is 12.7. The molecule has 0 spiro atoms. The molecule has 15 heavy (non-hydrogen) atoms. The standard InChI is InChI=1S/C10H19N3OS/c1-4-6-11-10-13-12-9(15-10)7-14-8(3)5-2/h8H,4-7H2,1-3H3,(H,11,13). The zero-order chi connectivity index (χ0) is 11.1. The molecule has 0 saturated heterocycles. The van der Waals surface area contributed by atoms with Crippen molar-refractivity contribution in [3.05, 3.63) is 5.01 Å². The summed E-state index contributed by atoms with van der Waals surface area (Å²) in [5.41, 5.74) is 0. The highest BCUT2D eigenvalue weighted by molar-refractivity contribution is 7.15. The summed E-state index contributed by atoms with van der Waals surface area (Å²) < 4.78 is 5.58. The molecule has 1 aromatic heterocycles. The van der Waals surface area contributed by atoms with Crippen LogP contribution in [0, 0.1) is 0 Å². The summed E-state index contributed by atoms with van der Waals surface area (Å²) in [6.45, 7) is 7.82. The van der Waals surface area contributed by atoms with Gasteiger partial charge in [0.25, 0.3) is 0 Å². The number of hydrogen-bond acceptors (Lipinski definition) is 5. The van der Waals surface area contributed by atoms with Gasteiger partial charge in [0.05, 0.1) is 6.10 Å². The van der Waals surface area contributed by atoms with Crippen LogP contribution >= 0.6 is 11.3 Å². The summed E-state index contributed by atoms with van der Waals surface area (Å²) in [6.07, 6.45) is 2.42. The minimum Gasteiger partial charge on any atom is -0.371 e. The number of anilines is 1. The zero-order valence-electron chi connectivity index (χ0n) is 9.62. The van der Waals surface area contributed by atoms with Crippen LogP contribution < -0.4 is 5.32 Å². The molecule has 0 aliphatic carbocycles. The second-order valence-corrected chi connectivity index (χ2v) is 4.52. The highest BCUT2D eigenvalue weighted by Gasteiger charge is 2.05. The van der Waals surface area contributed by atoms with Gasteiger partial charge < -0.3 is 10.1 Å². The van der Waals surface area contributed by atoms with Crippen LogP contribution in [0.5, 0.6) is 0 Å². The Balaban J connectivity index is 2.32. The second-order valence-electron chi connectivity index (χ2n) is 3.46. The zero-order valence-corrected chi connectivity index (χ0v) is 10.4. The minimum absolute atomic E-state index is 0.293. The van der Waals surface area contributed by atoms with Gasteiger partial charge in [-0.1, -0.05) is 25.2 Å². The van der Waals surface area contributed by atoms with Crippen LogP contribution in [-0.2, 0) is 11.3 Å². The quantitative estimate of drug-likeness (QED) is 0.781. The van der Waals surface area contributed by atoms with Gasteiger partial charge in [0.15, 0.2) is 0 Å². The van der Waals surface area contributed by atoms with E-state index in [2.05, 4.69) is 36.3 Å². The Hall–Kier alpha value is -0.680. The first-order valence-electron chi connectivity index (χ1n) is 5.44. The van der Waals surface area contributed by atoms with Crippen molar-refractivity contribution < 1.29 is 4.74 Å². The second kappa shape index (κ2) is 6.74. The summed E-state index contributed by atoms with van der Waals surface area (Å²) in [5.74, 6) is 0. The highest BCUT2D eigenvalue weighted by atomic mass is 32.1.